The maximum absolute atomic E-state index is 5.95. The van der Waals surface area contributed by atoms with Gasteiger partial charge in [0.1, 0.15) is 0 Å². The van der Waals surface area contributed by atoms with Crippen LogP contribution in [0.2, 0.25) is 5.02 Å². The number of morpholine rings is 1. The first-order valence-electron chi connectivity index (χ1n) is 7.79. The van der Waals surface area contributed by atoms with Crippen molar-refractivity contribution in [2.24, 2.45) is 0 Å². The van der Waals surface area contributed by atoms with Crippen molar-refractivity contribution < 1.29 is 4.74 Å². The predicted octanol–water partition coefficient (Wildman–Crippen LogP) is 3.31. The highest BCUT2D eigenvalue weighted by atomic mass is 35.5. The van der Waals surface area contributed by atoms with E-state index in [-0.39, 0.29) is 6.10 Å². The Balaban J connectivity index is 1.49. The van der Waals surface area contributed by atoms with Gasteiger partial charge >= 0.3 is 0 Å². The Morgan fingerprint density at radius 2 is 2.09 bits per heavy atom. The Hall–Kier alpha value is -1.36. The molecule has 0 N–H and O–H groups in total. The second-order valence-corrected chi connectivity index (χ2v) is 6.28. The molecule has 0 saturated carbocycles. The number of halogens is 1. The van der Waals surface area contributed by atoms with Gasteiger partial charge in [-0.2, -0.15) is 5.10 Å². The number of nitrogens with zero attached hydrogens (tertiary/aromatic N) is 3. The lowest BCUT2D eigenvalue weighted by Gasteiger charge is -2.33. The van der Waals surface area contributed by atoms with Gasteiger partial charge in [-0.1, -0.05) is 23.7 Å². The molecule has 0 aliphatic carbocycles. The summed E-state index contributed by atoms with van der Waals surface area (Å²) < 4.78 is 7.92. The Morgan fingerprint density at radius 1 is 1.27 bits per heavy atom. The van der Waals surface area contributed by atoms with Gasteiger partial charge < -0.3 is 4.74 Å². The van der Waals surface area contributed by atoms with Crippen LogP contribution in [-0.4, -0.2) is 40.9 Å². The molecule has 1 saturated heterocycles. The van der Waals surface area contributed by atoms with E-state index in [1.807, 2.05) is 23.0 Å². The minimum Gasteiger partial charge on any atom is -0.371 e. The molecular weight excluding hydrogens is 298 g/mol. The fraction of sp³-hybridized carbons (Fsp3) is 0.471. The Kier molecular flexibility index (Phi) is 5.13. The molecule has 1 aromatic carbocycles. The van der Waals surface area contributed by atoms with Gasteiger partial charge in [-0.05, 0) is 36.6 Å². The molecule has 0 unspecified atom stereocenters. The molecule has 1 aliphatic heterocycles. The standard InChI is InChI=1S/C17H22ClN3O/c1-14-11-19-21(12-14)8-2-7-20-9-10-22-17(13-20)15-3-5-16(18)6-4-15/h3-6,11-12,17H,2,7-10,13H2,1H3/t17-/m0/s1. The van der Waals surface area contributed by atoms with Gasteiger partial charge in [0.25, 0.3) is 0 Å². The first kappa shape index (κ1) is 15.5. The summed E-state index contributed by atoms with van der Waals surface area (Å²) in [5.41, 5.74) is 2.42. The average molecular weight is 320 g/mol. The molecule has 5 heteroatoms. The smallest absolute Gasteiger partial charge is 0.0952 e. The fourth-order valence-corrected chi connectivity index (χ4v) is 2.96. The van der Waals surface area contributed by atoms with Crippen molar-refractivity contribution in [3.63, 3.8) is 0 Å². The average Bonchev–Trinajstić information content (AvgIpc) is 2.94. The van der Waals surface area contributed by atoms with Crippen LogP contribution >= 0.6 is 11.6 Å². The van der Waals surface area contributed by atoms with Crippen LogP contribution in [0.5, 0.6) is 0 Å². The molecule has 0 amide bonds. The summed E-state index contributed by atoms with van der Waals surface area (Å²) in [5.74, 6) is 0. The third-order valence-electron chi connectivity index (χ3n) is 4.02. The van der Waals surface area contributed by atoms with Crippen LogP contribution in [0.3, 0.4) is 0 Å². The molecule has 1 aliphatic rings. The zero-order chi connectivity index (χ0) is 15.4. The lowest BCUT2D eigenvalue weighted by atomic mass is 10.1. The van der Waals surface area contributed by atoms with Crippen molar-refractivity contribution in [3.8, 4) is 0 Å². The lowest BCUT2D eigenvalue weighted by molar-refractivity contribution is -0.0305. The Labute approximate surface area is 136 Å². The van der Waals surface area contributed by atoms with Crippen molar-refractivity contribution in [1.82, 2.24) is 14.7 Å². The van der Waals surface area contributed by atoms with E-state index in [1.54, 1.807) is 0 Å². The van der Waals surface area contributed by atoms with Gasteiger partial charge in [-0.3, -0.25) is 9.58 Å². The topological polar surface area (TPSA) is 30.3 Å². The number of ether oxygens (including phenoxy) is 1. The number of hydrogen-bond acceptors (Lipinski definition) is 3. The van der Waals surface area contributed by atoms with Crippen LogP contribution in [0, 0.1) is 6.92 Å². The van der Waals surface area contributed by atoms with Gasteiger partial charge in [0.15, 0.2) is 0 Å². The molecule has 2 heterocycles. The predicted molar refractivity (Wildman–Crippen MR) is 88.2 cm³/mol. The highest BCUT2D eigenvalue weighted by molar-refractivity contribution is 6.30. The third-order valence-corrected chi connectivity index (χ3v) is 4.27. The molecule has 2 aromatic rings. The maximum Gasteiger partial charge on any atom is 0.0952 e. The minimum absolute atomic E-state index is 0.151. The number of benzene rings is 1. The van der Waals surface area contributed by atoms with Crippen LogP contribution in [0.15, 0.2) is 36.7 Å². The van der Waals surface area contributed by atoms with Crippen LogP contribution in [-0.2, 0) is 11.3 Å². The molecule has 118 valence electrons. The van der Waals surface area contributed by atoms with E-state index >= 15 is 0 Å². The van der Waals surface area contributed by atoms with E-state index in [9.17, 15) is 0 Å². The zero-order valence-corrected chi connectivity index (χ0v) is 13.7. The first-order chi connectivity index (χ1) is 10.7. The molecule has 4 nitrogen and oxygen atoms in total. The number of aromatic nitrogens is 2. The number of rotatable bonds is 5. The van der Waals surface area contributed by atoms with Gasteiger partial charge in [0, 0.05) is 37.4 Å². The SMILES string of the molecule is Cc1cnn(CCCN2CCO[C@H](c3ccc(Cl)cc3)C2)c1. The normalized spacial score (nSPS) is 19.5. The van der Waals surface area contributed by atoms with Crippen LogP contribution in [0.4, 0.5) is 0 Å². The molecule has 0 radical (unpaired) electrons. The molecule has 1 fully saturated rings. The van der Waals surface area contributed by atoms with Crippen molar-refractivity contribution in [3.05, 3.63) is 52.8 Å². The summed E-state index contributed by atoms with van der Waals surface area (Å²) in [4.78, 5) is 2.47. The van der Waals surface area contributed by atoms with E-state index < -0.39 is 0 Å². The van der Waals surface area contributed by atoms with E-state index in [0.717, 1.165) is 44.2 Å². The number of aryl methyl sites for hydroxylation is 2. The Bertz CT molecular complexity index is 596. The molecule has 0 spiro atoms. The number of hydrogen-bond donors (Lipinski definition) is 0. The van der Waals surface area contributed by atoms with Crippen molar-refractivity contribution in [2.75, 3.05) is 26.2 Å². The summed E-state index contributed by atoms with van der Waals surface area (Å²) in [6, 6.07) is 7.98. The molecule has 22 heavy (non-hydrogen) atoms. The van der Waals surface area contributed by atoms with E-state index in [4.69, 9.17) is 16.3 Å². The van der Waals surface area contributed by atoms with E-state index in [1.165, 1.54) is 11.1 Å². The second-order valence-electron chi connectivity index (χ2n) is 5.85. The highest BCUT2D eigenvalue weighted by Gasteiger charge is 2.21. The summed E-state index contributed by atoms with van der Waals surface area (Å²) in [5, 5.41) is 5.10. The van der Waals surface area contributed by atoms with Crippen molar-refractivity contribution >= 4 is 11.6 Å². The molecule has 0 bridgehead atoms. The van der Waals surface area contributed by atoms with E-state index in [0.29, 0.717) is 0 Å². The summed E-state index contributed by atoms with van der Waals surface area (Å²) in [7, 11) is 0. The minimum atomic E-state index is 0.151. The molecule has 1 aromatic heterocycles. The van der Waals surface area contributed by atoms with Crippen molar-refractivity contribution in [1.29, 1.82) is 0 Å². The quantitative estimate of drug-likeness (QED) is 0.847. The van der Waals surface area contributed by atoms with Crippen LogP contribution in [0.25, 0.3) is 0 Å². The van der Waals surface area contributed by atoms with Gasteiger partial charge in [0.05, 0.1) is 18.9 Å². The molecule has 1 atom stereocenters. The van der Waals surface area contributed by atoms with Crippen LogP contribution < -0.4 is 0 Å². The summed E-state index contributed by atoms with van der Waals surface area (Å²) in [6.45, 7) is 6.85. The lowest BCUT2D eigenvalue weighted by Crippen LogP contribution is -2.39. The van der Waals surface area contributed by atoms with Gasteiger partial charge in [0.2, 0.25) is 0 Å². The van der Waals surface area contributed by atoms with Crippen molar-refractivity contribution in [2.45, 2.75) is 26.0 Å². The van der Waals surface area contributed by atoms with Crippen LogP contribution in [0.1, 0.15) is 23.7 Å². The Morgan fingerprint density at radius 3 is 2.82 bits per heavy atom. The van der Waals surface area contributed by atoms with E-state index in [2.05, 4.69) is 35.3 Å². The third kappa shape index (κ3) is 4.09. The van der Waals surface area contributed by atoms with Gasteiger partial charge in [-0.15, -0.1) is 0 Å². The molecule has 3 rings (SSSR count). The summed E-state index contributed by atoms with van der Waals surface area (Å²) in [6.07, 6.45) is 5.26. The first-order valence-corrected chi connectivity index (χ1v) is 8.17. The highest BCUT2D eigenvalue weighted by Crippen LogP contribution is 2.23. The largest absolute Gasteiger partial charge is 0.371 e. The fourth-order valence-electron chi connectivity index (χ4n) is 2.83. The van der Waals surface area contributed by atoms with Gasteiger partial charge in [-0.25, -0.2) is 0 Å². The monoisotopic (exact) mass is 319 g/mol. The summed E-state index contributed by atoms with van der Waals surface area (Å²) >= 11 is 5.95. The maximum atomic E-state index is 5.95. The second kappa shape index (κ2) is 7.27. The zero-order valence-electron chi connectivity index (χ0n) is 12.9. The molecular formula is C17H22ClN3O.